The van der Waals surface area contributed by atoms with E-state index in [1.54, 1.807) is 27.4 Å². The van der Waals surface area contributed by atoms with Crippen LogP contribution < -0.4 is 19.5 Å². The summed E-state index contributed by atoms with van der Waals surface area (Å²) in [7, 11) is 4.78. The maximum atomic E-state index is 13.8. The smallest absolute Gasteiger partial charge is 0.336 e. The molecule has 2 aromatic rings. The number of hydrogen-bond acceptors (Lipinski definition) is 7. The van der Waals surface area contributed by atoms with Crippen molar-refractivity contribution in [2.75, 3.05) is 27.9 Å². The summed E-state index contributed by atoms with van der Waals surface area (Å²) < 4.78 is 22.1. The number of carbonyl (C=O) groups is 2. The Labute approximate surface area is 212 Å². The Morgan fingerprint density at radius 3 is 2.39 bits per heavy atom. The van der Waals surface area contributed by atoms with Crippen LogP contribution in [0, 0.1) is 0 Å². The van der Waals surface area contributed by atoms with Crippen LogP contribution in [0.15, 0.2) is 65.0 Å². The molecule has 7 nitrogen and oxygen atoms in total. The van der Waals surface area contributed by atoms with Crippen LogP contribution in [0.2, 0.25) is 0 Å². The third-order valence-corrected chi connectivity index (χ3v) is 6.80. The minimum atomic E-state index is -0.573. The number of para-hydroxylation sites is 1. The minimum absolute atomic E-state index is 0.00673. The highest BCUT2D eigenvalue weighted by molar-refractivity contribution is 6.04. The third-order valence-electron chi connectivity index (χ3n) is 6.80. The lowest BCUT2D eigenvalue weighted by Gasteiger charge is -2.37. The van der Waals surface area contributed by atoms with E-state index in [1.165, 1.54) is 0 Å². The summed E-state index contributed by atoms with van der Waals surface area (Å²) in [5, 5.41) is 3.39. The molecule has 1 N–H and O–H groups in total. The highest BCUT2D eigenvalue weighted by Gasteiger charge is 2.42. The first kappa shape index (κ1) is 25.4. The summed E-state index contributed by atoms with van der Waals surface area (Å²) in [6.45, 7) is 4.12. The molecule has 0 radical (unpaired) electrons. The number of hydrogen-bond donors (Lipinski definition) is 1. The molecule has 0 unspecified atom stereocenters. The number of carbonyl (C=O) groups excluding carboxylic acids is 2. The highest BCUT2D eigenvalue weighted by atomic mass is 16.5. The Balaban J connectivity index is 1.82. The summed E-state index contributed by atoms with van der Waals surface area (Å²) in [6, 6.07) is 13.3. The second-order valence-corrected chi connectivity index (χ2v) is 9.01. The molecule has 0 amide bonds. The van der Waals surface area contributed by atoms with Gasteiger partial charge in [0.25, 0.3) is 0 Å². The van der Waals surface area contributed by atoms with E-state index in [0.717, 1.165) is 22.6 Å². The van der Waals surface area contributed by atoms with E-state index >= 15 is 0 Å². The van der Waals surface area contributed by atoms with Crippen molar-refractivity contribution in [2.45, 2.75) is 44.9 Å². The summed E-state index contributed by atoms with van der Waals surface area (Å²) in [5.41, 5.74) is 4.32. The number of Topliss-reactive ketones (excluding diaryl/α,β-unsaturated/α-hetero) is 1. The molecule has 2 atom stereocenters. The fourth-order valence-electron chi connectivity index (χ4n) is 5.17. The highest BCUT2D eigenvalue weighted by Crippen LogP contribution is 2.47. The van der Waals surface area contributed by atoms with Crippen LogP contribution in [0.25, 0.3) is 0 Å². The van der Waals surface area contributed by atoms with E-state index in [-0.39, 0.29) is 11.7 Å². The molecule has 1 aliphatic heterocycles. The van der Waals surface area contributed by atoms with Crippen LogP contribution in [-0.4, -0.2) is 39.7 Å². The number of nitrogens with one attached hydrogen (secondary N) is 1. The van der Waals surface area contributed by atoms with Crippen LogP contribution >= 0.6 is 0 Å². The molecule has 0 bridgehead atoms. The largest absolute Gasteiger partial charge is 0.496 e. The Hall–Kier alpha value is -3.74. The van der Waals surface area contributed by atoms with Crippen LogP contribution in [-0.2, 0) is 14.3 Å². The standard InChI is InChI=1S/C29H33NO6/c1-6-13-36-29(32)26-17(2)30-21-14-19(20-9-7-8-10-23(20)33-3)15-22(31)28(21)27(26)18-11-12-24(34-4)25(16-18)35-5/h7-12,16,19,27,30H,6,13-15H2,1-5H3/t19-,27-/m0/s1. The van der Waals surface area contributed by atoms with Crippen molar-refractivity contribution in [1.29, 1.82) is 0 Å². The molecule has 190 valence electrons. The van der Waals surface area contributed by atoms with Crippen molar-refractivity contribution in [3.63, 3.8) is 0 Å². The molecule has 4 rings (SSSR count). The first-order valence-corrected chi connectivity index (χ1v) is 12.2. The van der Waals surface area contributed by atoms with E-state index in [2.05, 4.69) is 5.32 Å². The number of rotatable bonds is 8. The van der Waals surface area contributed by atoms with E-state index in [9.17, 15) is 9.59 Å². The lowest BCUT2D eigenvalue weighted by Crippen LogP contribution is -2.36. The number of esters is 1. The molecule has 7 heteroatoms. The number of methoxy groups -OCH3 is 3. The van der Waals surface area contributed by atoms with Crippen LogP contribution in [0.1, 0.15) is 56.1 Å². The van der Waals surface area contributed by atoms with Crippen molar-refractivity contribution in [3.8, 4) is 17.2 Å². The Kier molecular flexibility index (Phi) is 7.67. The van der Waals surface area contributed by atoms with Gasteiger partial charge in [-0.05, 0) is 49.1 Å². The monoisotopic (exact) mass is 491 g/mol. The van der Waals surface area contributed by atoms with Crippen LogP contribution in [0.3, 0.4) is 0 Å². The van der Waals surface area contributed by atoms with Crippen LogP contribution in [0.5, 0.6) is 17.2 Å². The number of ketones is 1. The van der Waals surface area contributed by atoms with Gasteiger partial charge in [0.1, 0.15) is 5.75 Å². The van der Waals surface area contributed by atoms with Gasteiger partial charge in [-0.2, -0.15) is 0 Å². The van der Waals surface area contributed by atoms with Crippen molar-refractivity contribution in [2.24, 2.45) is 0 Å². The zero-order valence-corrected chi connectivity index (χ0v) is 21.5. The van der Waals surface area contributed by atoms with Gasteiger partial charge in [-0.25, -0.2) is 4.79 Å². The SMILES string of the molecule is CCCOC(=O)C1=C(C)NC2=C(C(=O)C[C@@H](c3ccccc3OC)C2)[C@H]1c1ccc(OC)c(OC)c1. The molecule has 0 saturated heterocycles. The molecule has 1 heterocycles. The average molecular weight is 492 g/mol. The van der Waals surface area contributed by atoms with E-state index < -0.39 is 11.9 Å². The van der Waals surface area contributed by atoms with E-state index in [4.69, 9.17) is 18.9 Å². The van der Waals surface area contributed by atoms with Crippen molar-refractivity contribution < 1.29 is 28.5 Å². The molecular weight excluding hydrogens is 458 g/mol. The lowest BCUT2D eigenvalue weighted by molar-refractivity contribution is -0.139. The van der Waals surface area contributed by atoms with Gasteiger partial charge in [-0.1, -0.05) is 31.2 Å². The van der Waals surface area contributed by atoms with Gasteiger partial charge in [-0.3, -0.25) is 4.79 Å². The fraction of sp³-hybridized carbons (Fsp3) is 0.379. The molecule has 0 aromatic heterocycles. The second-order valence-electron chi connectivity index (χ2n) is 9.01. The van der Waals surface area contributed by atoms with Crippen molar-refractivity contribution in [3.05, 3.63) is 76.1 Å². The predicted octanol–water partition coefficient (Wildman–Crippen LogP) is 5.03. The van der Waals surface area contributed by atoms with E-state index in [0.29, 0.717) is 54.2 Å². The zero-order valence-electron chi connectivity index (χ0n) is 21.5. The molecule has 2 aromatic carbocycles. The lowest BCUT2D eigenvalue weighted by atomic mass is 9.71. The summed E-state index contributed by atoms with van der Waals surface area (Å²) in [5.74, 6) is 0.836. The van der Waals surface area contributed by atoms with Gasteiger partial charge in [0, 0.05) is 35.2 Å². The molecule has 36 heavy (non-hydrogen) atoms. The first-order valence-electron chi connectivity index (χ1n) is 12.2. The normalized spacial score (nSPS) is 19.4. The van der Waals surface area contributed by atoms with Crippen LogP contribution in [0.4, 0.5) is 0 Å². The number of ether oxygens (including phenoxy) is 4. The Bertz CT molecular complexity index is 1230. The molecule has 1 aliphatic carbocycles. The van der Waals surface area contributed by atoms with Crippen molar-refractivity contribution >= 4 is 11.8 Å². The van der Waals surface area contributed by atoms with E-state index in [1.807, 2.05) is 50.2 Å². The number of dihydropyridines is 1. The van der Waals surface area contributed by atoms with Gasteiger partial charge < -0.3 is 24.3 Å². The summed E-state index contributed by atoms with van der Waals surface area (Å²) in [6.07, 6.45) is 1.65. The minimum Gasteiger partial charge on any atom is -0.496 e. The molecule has 0 saturated carbocycles. The first-order chi connectivity index (χ1) is 17.4. The van der Waals surface area contributed by atoms with Gasteiger partial charge >= 0.3 is 5.97 Å². The third kappa shape index (κ3) is 4.70. The summed E-state index contributed by atoms with van der Waals surface area (Å²) >= 11 is 0. The van der Waals surface area contributed by atoms with Gasteiger partial charge in [0.2, 0.25) is 0 Å². The Morgan fingerprint density at radius 2 is 1.69 bits per heavy atom. The number of allylic oxidation sites excluding steroid dienone is 3. The molecular formula is C29H33NO6. The topological polar surface area (TPSA) is 83.1 Å². The maximum Gasteiger partial charge on any atom is 0.336 e. The molecule has 2 aliphatic rings. The zero-order chi connectivity index (χ0) is 25.8. The Morgan fingerprint density at radius 1 is 0.972 bits per heavy atom. The quantitative estimate of drug-likeness (QED) is 0.519. The maximum absolute atomic E-state index is 13.8. The number of benzene rings is 2. The predicted molar refractivity (Wildman–Crippen MR) is 136 cm³/mol. The van der Waals surface area contributed by atoms with Gasteiger partial charge in [-0.15, -0.1) is 0 Å². The van der Waals surface area contributed by atoms with Gasteiger partial charge in [0.15, 0.2) is 17.3 Å². The average Bonchev–Trinajstić information content (AvgIpc) is 2.90. The fourth-order valence-corrected chi connectivity index (χ4v) is 5.17. The van der Waals surface area contributed by atoms with Crippen molar-refractivity contribution in [1.82, 2.24) is 5.32 Å². The molecule has 0 fully saturated rings. The second kappa shape index (κ2) is 10.9. The summed E-state index contributed by atoms with van der Waals surface area (Å²) in [4.78, 5) is 27.0. The van der Waals surface area contributed by atoms with Gasteiger partial charge in [0.05, 0.1) is 33.5 Å². The molecule has 0 spiro atoms.